The monoisotopic (exact) mass is 466 g/mol. The Bertz CT molecular complexity index is 351. The first-order chi connectivity index (χ1) is 9.42. The van der Waals surface area contributed by atoms with Crippen LogP contribution in [0.2, 0.25) is 0 Å². The Kier molecular flexibility index (Phi) is 6.45. The van der Waals surface area contributed by atoms with Gasteiger partial charge < -0.3 is 0 Å². The Morgan fingerprint density at radius 3 is 1.32 bits per heavy atom. The van der Waals surface area contributed by atoms with E-state index in [0.717, 1.165) is 0 Å². The normalized spacial score (nSPS) is 19.0. The molecular weight excluding hydrogens is 456 g/mol. The van der Waals surface area contributed by atoms with Crippen molar-refractivity contribution in [1.82, 2.24) is 0 Å². The largest absolute Gasteiger partial charge is 0.431 e. The third-order valence-electron chi connectivity index (χ3n) is 3.07. The molecule has 0 bridgehead atoms. The minimum Gasteiger partial charge on any atom is -0.234 e. The molecule has 0 aromatic carbocycles. The van der Waals surface area contributed by atoms with Crippen LogP contribution in [0.4, 0.5) is 48.3 Å². The summed E-state index contributed by atoms with van der Waals surface area (Å²) in [6.07, 6.45) is -22.3. The van der Waals surface area contributed by atoms with Gasteiger partial charge in [-0.05, 0) is 24.2 Å². The van der Waals surface area contributed by atoms with Crippen molar-refractivity contribution < 1.29 is 48.3 Å². The Labute approximate surface area is 131 Å². The van der Waals surface area contributed by atoms with Gasteiger partial charge in [0.2, 0.25) is 5.67 Å². The highest BCUT2D eigenvalue weighted by atomic mass is 127. The second-order valence-corrected chi connectivity index (χ2v) is 5.86. The van der Waals surface area contributed by atoms with Gasteiger partial charge in [-0.3, -0.25) is 0 Å². The third kappa shape index (κ3) is 4.28. The standard InChI is InChI=1S/C10H10F11I/c1-6(11,8(13,14)15)4-5(2-3-22)7(12,9(16,17)18)10(19,20)21/h5H,2-4H2,1H3. The summed E-state index contributed by atoms with van der Waals surface area (Å²) >= 11 is 1.27. The van der Waals surface area contributed by atoms with Crippen LogP contribution in [0.15, 0.2) is 0 Å². The van der Waals surface area contributed by atoms with Crippen molar-refractivity contribution >= 4 is 22.6 Å². The van der Waals surface area contributed by atoms with Gasteiger partial charge in [-0.25, -0.2) is 8.78 Å². The zero-order valence-corrected chi connectivity index (χ0v) is 12.9. The third-order valence-corrected chi connectivity index (χ3v) is 3.69. The van der Waals surface area contributed by atoms with E-state index < -0.39 is 53.1 Å². The minimum atomic E-state index is -6.52. The van der Waals surface area contributed by atoms with Gasteiger partial charge in [-0.15, -0.1) is 0 Å². The average Bonchev–Trinajstić information content (AvgIpc) is 2.22. The Balaban J connectivity index is 5.91. The molecule has 12 heteroatoms. The van der Waals surface area contributed by atoms with Crippen LogP contribution >= 0.6 is 22.6 Å². The van der Waals surface area contributed by atoms with E-state index in [0.29, 0.717) is 0 Å². The highest BCUT2D eigenvalue weighted by molar-refractivity contribution is 14.1. The predicted molar refractivity (Wildman–Crippen MR) is 63.1 cm³/mol. The van der Waals surface area contributed by atoms with E-state index >= 15 is 0 Å². The molecule has 0 spiro atoms. The van der Waals surface area contributed by atoms with Crippen LogP contribution in [-0.4, -0.2) is 34.3 Å². The summed E-state index contributed by atoms with van der Waals surface area (Å²) in [7, 11) is 0. The van der Waals surface area contributed by atoms with Crippen LogP contribution < -0.4 is 0 Å². The number of hydrogen-bond acceptors (Lipinski definition) is 0. The van der Waals surface area contributed by atoms with Crippen molar-refractivity contribution in [1.29, 1.82) is 0 Å². The maximum Gasteiger partial charge on any atom is 0.431 e. The smallest absolute Gasteiger partial charge is 0.234 e. The van der Waals surface area contributed by atoms with Crippen molar-refractivity contribution in [2.75, 3.05) is 4.43 Å². The first-order valence-electron chi connectivity index (χ1n) is 5.55. The van der Waals surface area contributed by atoms with Crippen LogP contribution in [0, 0.1) is 5.92 Å². The summed E-state index contributed by atoms with van der Waals surface area (Å²) in [4.78, 5) is 0. The molecule has 0 aliphatic rings. The van der Waals surface area contributed by atoms with E-state index in [4.69, 9.17) is 0 Å². The van der Waals surface area contributed by atoms with Crippen LogP contribution in [-0.2, 0) is 0 Å². The number of hydrogen-bond donors (Lipinski definition) is 0. The van der Waals surface area contributed by atoms with Crippen LogP contribution in [0.3, 0.4) is 0 Å². The molecule has 0 aliphatic heterocycles. The van der Waals surface area contributed by atoms with Gasteiger partial charge in [0.15, 0.2) is 0 Å². The molecule has 0 N–H and O–H groups in total. The van der Waals surface area contributed by atoms with Crippen LogP contribution in [0.25, 0.3) is 0 Å². The molecule has 0 heterocycles. The summed E-state index contributed by atoms with van der Waals surface area (Å²) in [5, 5.41) is 0. The van der Waals surface area contributed by atoms with Crippen molar-refractivity contribution in [3.63, 3.8) is 0 Å². The van der Waals surface area contributed by atoms with E-state index in [2.05, 4.69) is 0 Å². The molecule has 0 saturated carbocycles. The van der Waals surface area contributed by atoms with Crippen molar-refractivity contribution in [3.05, 3.63) is 0 Å². The van der Waals surface area contributed by atoms with Crippen molar-refractivity contribution in [3.8, 4) is 0 Å². The molecule has 0 aromatic heterocycles. The molecule has 0 fully saturated rings. The van der Waals surface area contributed by atoms with Crippen molar-refractivity contribution in [2.24, 2.45) is 5.92 Å². The Hall–Kier alpha value is -0.0400. The van der Waals surface area contributed by atoms with E-state index in [1.54, 1.807) is 0 Å². The maximum atomic E-state index is 13.8. The second kappa shape index (κ2) is 6.46. The molecule has 0 rings (SSSR count). The van der Waals surface area contributed by atoms with Gasteiger partial charge in [0.05, 0.1) is 0 Å². The Morgan fingerprint density at radius 1 is 0.727 bits per heavy atom. The van der Waals surface area contributed by atoms with Gasteiger partial charge >= 0.3 is 24.2 Å². The summed E-state index contributed by atoms with van der Waals surface area (Å²) in [6.45, 7) is -0.222. The van der Waals surface area contributed by atoms with Gasteiger partial charge in [-0.1, -0.05) is 22.6 Å². The van der Waals surface area contributed by atoms with E-state index in [9.17, 15) is 48.3 Å². The lowest BCUT2D eigenvalue weighted by atomic mass is 9.78. The van der Waals surface area contributed by atoms with Crippen LogP contribution in [0.5, 0.6) is 0 Å². The maximum absolute atomic E-state index is 13.8. The van der Waals surface area contributed by atoms with E-state index in [1.165, 1.54) is 22.6 Å². The molecular formula is C10H10F11I. The number of alkyl halides is 12. The lowest BCUT2D eigenvalue weighted by Crippen LogP contribution is -2.60. The fraction of sp³-hybridized carbons (Fsp3) is 1.00. The van der Waals surface area contributed by atoms with E-state index in [1.807, 2.05) is 0 Å². The molecule has 2 atom stereocenters. The first kappa shape index (κ1) is 22.0. The molecule has 22 heavy (non-hydrogen) atoms. The quantitative estimate of drug-likeness (QED) is 0.268. The van der Waals surface area contributed by atoms with Gasteiger partial charge in [0.25, 0.3) is 0 Å². The lowest BCUT2D eigenvalue weighted by Gasteiger charge is -2.39. The molecule has 0 radical (unpaired) electrons. The summed E-state index contributed by atoms with van der Waals surface area (Å²) in [5.41, 5.74) is -10.3. The molecule has 0 nitrogen and oxygen atoms in total. The zero-order chi connectivity index (χ0) is 18.2. The van der Waals surface area contributed by atoms with E-state index in [-0.39, 0.29) is 6.92 Å². The van der Waals surface area contributed by atoms with Crippen molar-refractivity contribution in [2.45, 2.75) is 49.6 Å². The Morgan fingerprint density at radius 2 is 1.09 bits per heavy atom. The molecule has 0 aromatic rings. The molecule has 0 aliphatic carbocycles. The van der Waals surface area contributed by atoms with Crippen LogP contribution in [0.1, 0.15) is 19.8 Å². The molecule has 134 valence electrons. The van der Waals surface area contributed by atoms with Gasteiger partial charge in [0, 0.05) is 5.92 Å². The summed E-state index contributed by atoms with van der Waals surface area (Å²) in [5.74, 6) is -3.26. The zero-order valence-electron chi connectivity index (χ0n) is 10.7. The fourth-order valence-electron chi connectivity index (χ4n) is 1.78. The highest BCUT2D eigenvalue weighted by Crippen LogP contribution is 2.55. The average molecular weight is 466 g/mol. The van der Waals surface area contributed by atoms with Gasteiger partial charge in [0.1, 0.15) is 0 Å². The lowest BCUT2D eigenvalue weighted by molar-refractivity contribution is -0.363. The topological polar surface area (TPSA) is 0 Å². The fourth-order valence-corrected chi connectivity index (χ4v) is 2.53. The predicted octanol–water partition coefficient (Wildman–Crippen LogP) is 5.94. The molecule has 2 unspecified atom stereocenters. The highest BCUT2D eigenvalue weighted by Gasteiger charge is 2.76. The molecule has 0 amide bonds. The number of halogens is 12. The summed E-state index contributed by atoms with van der Waals surface area (Å²) in [6, 6.07) is 0. The minimum absolute atomic E-state index is 0.222. The first-order valence-corrected chi connectivity index (χ1v) is 7.08. The second-order valence-electron chi connectivity index (χ2n) is 4.78. The summed E-state index contributed by atoms with van der Waals surface area (Å²) < 4.78 is 139. The number of rotatable bonds is 5. The van der Waals surface area contributed by atoms with Gasteiger partial charge in [-0.2, -0.15) is 39.5 Å². The SMILES string of the molecule is CC(F)(CC(CCI)C(F)(C(F)(F)F)C(F)(F)F)C(F)(F)F. The molecule has 0 saturated heterocycles.